The molecule has 0 spiro atoms. The molecule has 0 saturated carbocycles. The number of benzene rings is 1. The molecule has 1 unspecified atom stereocenters. The average molecular weight is 275 g/mol. The standard InChI is InChI=1S/C19H33N/c1-5-7-8-9-10-19(20-15-6-2)18-13-11-17(12-14-18)16(3)4/h11-14,16,19-20H,5-10,15H2,1-4H3. The predicted molar refractivity (Wildman–Crippen MR) is 90.3 cm³/mol. The third-order valence-electron chi connectivity index (χ3n) is 3.99. The minimum atomic E-state index is 0.535. The van der Waals surface area contributed by atoms with E-state index in [-0.39, 0.29) is 0 Å². The average Bonchev–Trinajstić information content (AvgIpc) is 2.47. The molecule has 1 rings (SSSR count). The molecule has 1 N–H and O–H groups in total. The molecular formula is C19H33N. The molecule has 0 radical (unpaired) electrons. The van der Waals surface area contributed by atoms with Gasteiger partial charge in [-0.15, -0.1) is 0 Å². The molecule has 0 bridgehead atoms. The van der Waals surface area contributed by atoms with Crippen LogP contribution in [0.2, 0.25) is 0 Å². The lowest BCUT2D eigenvalue weighted by Crippen LogP contribution is -2.22. The van der Waals surface area contributed by atoms with Crippen molar-refractivity contribution >= 4 is 0 Å². The lowest BCUT2D eigenvalue weighted by molar-refractivity contribution is 0.470. The third kappa shape index (κ3) is 6.09. The Morgan fingerprint density at radius 1 is 0.850 bits per heavy atom. The third-order valence-corrected chi connectivity index (χ3v) is 3.99. The SMILES string of the molecule is CCCCCCC(NCCC)c1ccc(C(C)C)cc1. The van der Waals surface area contributed by atoms with Crippen LogP contribution in [0, 0.1) is 0 Å². The van der Waals surface area contributed by atoms with Crippen LogP contribution >= 0.6 is 0 Å². The van der Waals surface area contributed by atoms with Crippen LogP contribution in [-0.2, 0) is 0 Å². The molecule has 0 amide bonds. The summed E-state index contributed by atoms with van der Waals surface area (Å²) in [6.45, 7) is 10.1. The minimum absolute atomic E-state index is 0.535. The molecule has 1 atom stereocenters. The summed E-state index contributed by atoms with van der Waals surface area (Å²) in [5.74, 6) is 0.621. The first-order valence-electron chi connectivity index (χ1n) is 8.52. The molecule has 0 fully saturated rings. The van der Waals surface area contributed by atoms with Crippen LogP contribution in [0.1, 0.15) is 89.3 Å². The normalized spacial score (nSPS) is 12.8. The van der Waals surface area contributed by atoms with Crippen LogP contribution in [0.4, 0.5) is 0 Å². The fourth-order valence-corrected chi connectivity index (χ4v) is 2.59. The van der Waals surface area contributed by atoms with Crippen LogP contribution in [-0.4, -0.2) is 6.54 Å². The molecule has 20 heavy (non-hydrogen) atoms. The molecule has 0 aliphatic carbocycles. The molecule has 0 heterocycles. The fraction of sp³-hybridized carbons (Fsp3) is 0.684. The van der Waals surface area contributed by atoms with Crippen molar-refractivity contribution in [1.29, 1.82) is 0 Å². The lowest BCUT2D eigenvalue weighted by atomic mass is 9.96. The van der Waals surface area contributed by atoms with Crippen LogP contribution in [0.5, 0.6) is 0 Å². The van der Waals surface area contributed by atoms with E-state index >= 15 is 0 Å². The van der Waals surface area contributed by atoms with Crippen LogP contribution in [0.3, 0.4) is 0 Å². The van der Waals surface area contributed by atoms with Crippen LogP contribution < -0.4 is 5.32 Å². The topological polar surface area (TPSA) is 12.0 Å². The van der Waals surface area contributed by atoms with Crippen molar-refractivity contribution in [1.82, 2.24) is 5.32 Å². The summed E-state index contributed by atoms with van der Waals surface area (Å²) in [6, 6.07) is 9.78. The Labute approximate surface area is 126 Å². The molecule has 0 saturated heterocycles. The summed E-state index contributed by atoms with van der Waals surface area (Å²) in [7, 11) is 0. The molecular weight excluding hydrogens is 242 g/mol. The molecule has 114 valence electrons. The quantitative estimate of drug-likeness (QED) is 0.530. The van der Waals surface area contributed by atoms with Crippen molar-refractivity contribution in [2.24, 2.45) is 0 Å². The van der Waals surface area contributed by atoms with Crippen molar-refractivity contribution < 1.29 is 0 Å². The Morgan fingerprint density at radius 2 is 1.50 bits per heavy atom. The maximum atomic E-state index is 3.71. The van der Waals surface area contributed by atoms with Gasteiger partial charge in [0.2, 0.25) is 0 Å². The summed E-state index contributed by atoms with van der Waals surface area (Å²) in [6.07, 6.45) is 7.85. The molecule has 1 nitrogen and oxygen atoms in total. The number of hydrogen-bond acceptors (Lipinski definition) is 1. The number of hydrogen-bond donors (Lipinski definition) is 1. The van der Waals surface area contributed by atoms with Gasteiger partial charge >= 0.3 is 0 Å². The van der Waals surface area contributed by atoms with Gasteiger partial charge in [0.05, 0.1) is 0 Å². The van der Waals surface area contributed by atoms with Gasteiger partial charge in [-0.25, -0.2) is 0 Å². The summed E-state index contributed by atoms with van der Waals surface area (Å²) in [5.41, 5.74) is 2.90. The smallest absolute Gasteiger partial charge is 0.0320 e. The van der Waals surface area contributed by atoms with Crippen molar-refractivity contribution in [3.63, 3.8) is 0 Å². The molecule has 1 aromatic rings. The van der Waals surface area contributed by atoms with E-state index in [9.17, 15) is 0 Å². The van der Waals surface area contributed by atoms with E-state index in [2.05, 4.69) is 57.3 Å². The monoisotopic (exact) mass is 275 g/mol. The Balaban J connectivity index is 2.60. The fourth-order valence-electron chi connectivity index (χ4n) is 2.59. The van der Waals surface area contributed by atoms with Crippen molar-refractivity contribution in [2.75, 3.05) is 6.54 Å². The first-order valence-corrected chi connectivity index (χ1v) is 8.52. The highest BCUT2D eigenvalue weighted by atomic mass is 14.9. The summed E-state index contributed by atoms with van der Waals surface area (Å²) >= 11 is 0. The van der Waals surface area contributed by atoms with Gasteiger partial charge in [0, 0.05) is 6.04 Å². The van der Waals surface area contributed by atoms with Gasteiger partial charge in [-0.1, -0.05) is 77.6 Å². The first-order chi connectivity index (χ1) is 9.69. The number of nitrogens with one attached hydrogen (secondary N) is 1. The van der Waals surface area contributed by atoms with E-state index in [1.54, 1.807) is 0 Å². The van der Waals surface area contributed by atoms with E-state index in [0.29, 0.717) is 12.0 Å². The zero-order valence-corrected chi connectivity index (χ0v) is 13.9. The van der Waals surface area contributed by atoms with Crippen LogP contribution in [0.15, 0.2) is 24.3 Å². The number of rotatable bonds is 10. The highest BCUT2D eigenvalue weighted by Crippen LogP contribution is 2.23. The van der Waals surface area contributed by atoms with Gasteiger partial charge in [0.25, 0.3) is 0 Å². The largest absolute Gasteiger partial charge is 0.310 e. The predicted octanol–water partition coefficient (Wildman–Crippen LogP) is 5.82. The Hall–Kier alpha value is -0.820. The Kier molecular flexibility index (Phi) is 8.60. The number of unbranched alkanes of at least 4 members (excludes halogenated alkanes) is 3. The van der Waals surface area contributed by atoms with Gasteiger partial charge in [0.1, 0.15) is 0 Å². The molecule has 1 heteroatoms. The second kappa shape index (κ2) is 9.99. The molecule has 0 aliphatic heterocycles. The second-order valence-corrected chi connectivity index (χ2v) is 6.18. The maximum absolute atomic E-state index is 3.71. The summed E-state index contributed by atoms with van der Waals surface area (Å²) < 4.78 is 0. The maximum Gasteiger partial charge on any atom is 0.0320 e. The van der Waals surface area contributed by atoms with Crippen LogP contribution in [0.25, 0.3) is 0 Å². The highest BCUT2D eigenvalue weighted by molar-refractivity contribution is 5.26. The lowest BCUT2D eigenvalue weighted by Gasteiger charge is -2.20. The first kappa shape index (κ1) is 17.2. The van der Waals surface area contributed by atoms with Gasteiger partial charge in [-0.05, 0) is 36.4 Å². The van der Waals surface area contributed by atoms with E-state index in [1.807, 2.05) is 0 Å². The highest BCUT2D eigenvalue weighted by Gasteiger charge is 2.10. The summed E-state index contributed by atoms with van der Waals surface area (Å²) in [4.78, 5) is 0. The van der Waals surface area contributed by atoms with Gasteiger partial charge in [-0.3, -0.25) is 0 Å². The van der Waals surface area contributed by atoms with E-state index in [1.165, 1.54) is 49.7 Å². The minimum Gasteiger partial charge on any atom is -0.310 e. The summed E-state index contributed by atoms with van der Waals surface area (Å²) in [5, 5.41) is 3.71. The Bertz CT molecular complexity index is 339. The second-order valence-electron chi connectivity index (χ2n) is 6.18. The van der Waals surface area contributed by atoms with Gasteiger partial charge in [-0.2, -0.15) is 0 Å². The van der Waals surface area contributed by atoms with E-state index in [0.717, 1.165) is 6.54 Å². The molecule has 1 aromatic carbocycles. The van der Waals surface area contributed by atoms with Gasteiger partial charge in [0.15, 0.2) is 0 Å². The van der Waals surface area contributed by atoms with Crippen molar-refractivity contribution in [2.45, 2.75) is 78.2 Å². The van der Waals surface area contributed by atoms with E-state index < -0.39 is 0 Å². The van der Waals surface area contributed by atoms with Crippen molar-refractivity contribution in [3.05, 3.63) is 35.4 Å². The molecule has 0 aromatic heterocycles. The molecule has 0 aliphatic rings. The van der Waals surface area contributed by atoms with Crippen molar-refractivity contribution in [3.8, 4) is 0 Å². The van der Waals surface area contributed by atoms with Gasteiger partial charge < -0.3 is 5.32 Å². The zero-order valence-electron chi connectivity index (χ0n) is 13.9. The zero-order chi connectivity index (χ0) is 14.8. The van der Waals surface area contributed by atoms with E-state index in [4.69, 9.17) is 0 Å². The Morgan fingerprint density at radius 3 is 2.05 bits per heavy atom.